The van der Waals surface area contributed by atoms with Crippen LogP contribution in [0.2, 0.25) is 0 Å². The lowest BCUT2D eigenvalue weighted by molar-refractivity contribution is -0.142. The summed E-state index contributed by atoms with van der Waals surface area (Å²) in [7, 11) is -1.68. The Labute approximate surface area is 231 Å². The number of carbonyl (C=O) groups is 2. The second-order valence-corrected chi connectivity index (χ2v) is 15.9. The Morgan fingerprint density at radius 1 is 1.13 bits per heavy atom. The summed E-state index contributed by atoms with van der Waals surface area (Å²) in [4.78, 5) is 30.5. The van der Waals surface area contributed by atoms with Gasteiger partial charge in [-0.2, -0.15) is 0 Å². The van der Waals surface area contributed by atoms with Crippen molar-refractivity contribution in [1.82, 2.24) is 10.3 Å². The number of sulfone groups is 1. The number of nitrogens with zero attached hydrogens (tertiary/aromatic N) is 1. The summed E-state index contributed by atoms with van der Waals surface area (Å²) >= 11 is 1.64. The van der Waals surface area contributed by atoms with Gasteiger partial charge < -0.3 is 10.1 Å². The lowest BCUT2D eigenvalue weighted by atomic mass is 9.53. The van der Waals surface area contributed by atoms with Crippen molar-refractivity contribution >= 4 is 33.5 Å². The fourth-order valence-corrected chi connectivity index (χ4v) is 10.6. The van der Waals surface area contributed by atoms with Gasteiger partial charge in [0.05, 0.1) is 17.4 Å². The zero-order valence-corrected chi connectivity index (χ0v) is 24.5. The van der Waals surface area contributed by atoms with Crippen molar-refractivity contribution in [2.24, 2.45) is 23.7 Å². The van der Waals surface area contributed by atoms with E-state index in [1.807, 2.05) is 12.1 Å². The van der Waals surface area contributed by atoms with Crippen molar-refractivity contribution in [1.29, 1.82) is 0 Å². The number of amides is 1. The Morgan fingerprint density at radius 3 is 2.53 bits per heavy atom. The first-order valence-corrected chi connectivity index (χ1v) is 17.2. The van der Waals surface area contributed by atoms with E-state index in [0.717, 1.165) is 67.8 Å². The van der Waals surface area contributed by atoms with E-state index in [4.69, 9.17) is 9.72 Å². The number of pyridine rings is 1. The van der Waals surface area contributed by atoms with Gasteiger partial charge in [-0.3, -0.25) is 9.59 Å². The number of hydrogen-bond acceptors (Lipinski definition) is 7. The second-order valence-electron chi connectivity index (χ2n) is 12.4. The third-order valence-corrected chi connectivity index (χ3v) is 13.0. The minimum Gasteiger partial charge on any atom is -0.469 e. The molecule has 0 saturated heterocycles. The molecule has 5 saturated carbocycles. The van der Waals surface area contributed by atoms with E-state index in [-0.39, 0.29) is 35.7 Å². The van der Waals surface area contributed by atoms with E-state index in [0.29, 0.717) is 36.7 Å². The summed E-state index contributed by atoms with van der Waals surface area (Å²) < 4.78 is 29.7. The number of methoxy groups -OCH3 is 1. The fourth-order valence-electron chi connectivity index (χ4n) is 8.10. The van der Waals surface area contributed by atoms with Crippen molar-refractivity contribution < 1.29 is 22.7 Å². The van der Waals surface area contributed by atoms with E-state index in [9.17, 15) is 18.0 Å². The molecule has 0 spiro atoms. The van der Waals surface area contributed by atoms with Crippen LogP contribution >= 0.6 is 11.8 Å². The van der Waals surface area contributed by atoms with Crippen LogP contribution in [0.5, 0.6) is 0 Å². The number of ether oxygens (including phenoxy) is 1. The fraction of sp³-hybridized carbons (Fsp3) is 0.759. The van der Waals surface area contributed by atoms with Crippen LogP contribution in [0.25, 0.3) is 0 Å². The molecule has 38 heavy (non-hydrogen) atoms. The van der Waals surface area contributed by atoms with Crippen molar-refractivity contribution in [2.75, 3.05) is 19.1 Å². The molecule has 7 nitrogen and oxygen atoms in total. The van der Waals surface area contributed by atoms with Crippen LogP contribution < -0.4 is 5.32 Å². The molecule has 3 unspecified atom stereocenters. The smallest absolute Gasteiger partial charge is 0.305 e. The van der Waals surface area contributed by atoms with Gasteiger partial charge in [-0.15, -0.1) is 11.8 Å². The summed E-state index contributed by atoms with van der Waals surface area (Å²) in [6.07, 6.45) is 11.1. The van der Waals surface area contributed by atoms with Crippen LogP contribution in [0.4, 0.5) is 0 Å². The predicted octanol–water partition coefficient (Wildman–Crippen LogP) is 5.14. The largest absolute Gasteiger partial charge is 0.469 e. The number of rotatable bonds is 9. The van der Waals surface area contributed by atoms with Crippen molar-refractivity contribution in [2.45, 2.75) is 99.3 Å². The number of thioether (sulfide) groups is 1. The highest BCUT2D eigenvalue weighted by Gasteiger charge is 2.59. The number of aromatic nitrogens is 1. The summed E-state index contributed by atoms with van der Waals surface area (Å²) in [5, 5.41) is 4.14. The normalized spacial score (nSPS) is 34.2. The molecule has 0 aliphatic heterocycles. The highest BCUT2D eigenvalue weighted by molar-refractivity contribution is 7.99. The molecule has 210 valence electrons. The number of carbonyl (C=O) groups excluding carboxylic acids is 2. The van der Waals surface area contributed by atoms with Gasteiger partial charge in [0.2, 0.25) is 0 Å². The lowest BCUT2D eigenvalue weighted by Gasteiger charge is -2.59. The van der Waals surface area contributed by atoms with Gasteiger partial charge >= 0.3 is 5.97 Å². The standard InChI is InChI=1S/C29H42N2O5S2/c1-4-10-37-28-23(8-9-24(30-28)20-7-5-6-18(11-20)14-25(32)36-2)27(33)31-26-21-12-19-13-22(26)17-29(15-19,16-21)38(3,34)35/h8-9,18-22,26H,4-7,10-17H2,1-3H3,(H,31,33)/t18-,19?,20?,21?,22?,26-,29+/m1/s1. The topological polar surface area (TPSA) is 102 Å². The van der Waals surface area contributed by atoms with E-state index in [1.165, 1.54) is 13.4 Å². The molecule has 5 aliphatic rings. The third-order valence-electron chi connectivity index (χ3n) is 9.75. The van der Waals surface area contributed by atoms with Gasteiger partial charge in [-0.25, -0.2) is 13.4 Å². The maximum absolute atomic E-state index is 13.7. The molecule has 6 rings (SSSR count). The average molecular weight is 563 g/mol. The zero-order valence-electron chi connectivity index (χ0n) is 22.9. The average Bonchev–Trinajstić information content (AvgIpc) is 2.88. The maximum Gasteiger partial charge on any atom is 0.305 e. The number of hydrogen-bond donors (Lipinski definition) is 1. The monoisotopic (exact) mass is 562 g/mol. The SMILES string of the molecule is CCCSc1nc(C2CCC[C@@H](CC(=O)OC)C2)ccc1C(=O)N[C@H]1C2CC3CC1C[C@@](S(C)(=O)=O)(C3)C2. The van der Waals surface area contributed by atoms with E-state index < -0.39 is 14.6 Å². The first-order chi connectivity index (χ1) is 18.1. The molecular formula is C29H42N2O5S2. The van der Waals surface area contributed by atoms with Gasteiger partial charge in [-0.05, 0) is 99.3 Å². The predicted molar refractivity (Wildman–Crippen MR) is 149 cm³/mol. The minimum atomic E-state index is -3.12. The molecule has 1 aromatic rings. The molecule has 1 heterocycles. The summed E-state index contributed by atoms with van der Waals surface area (Å²) in [5.74, 6) is 2.17. The molecule has 1 aromatic heterocycles. The second kappa shape index (κ2) is 11.1. The zero-order chi connectivity index (χ0) is 27.1. The van der Waals surface area contributed by atoms with Crippen LogP contribution in [0, 0.1) is 23.7 Å². The quantitative estimate of drug-likeness (QED) is 0.328. The first-order valence-electron chi connectivity index (χ1n) is 14.3. The van der Waals surface area contributed by atoms with Crippen molar-refractivity contribution in [3.05, 3.63) is 23.4 Å². The van der Waals surface area contributed by atoms with Crippen LogP contribution in [0.3, 0.4) is 0 Å². The van der Waals surface area contributed by atoms with E-state index in [2.05, 4.69) is 12.2 Å². The first kappa shape index (κ1) is 27.9. The molecular weight excluding hydrogens is 520 g/mol. The molecule has 0 aromatic carbocycles. The van der Waals surface area contributed by atoms with Crippen LogP contribution in [-0.2, 0) is 19.4 Å². The summed E-state index contributed by atoms with van der Waals surface area (Å²) in [5.41, 5.74) is 1.64. The van der Waals surface area contributed by atoms with Gasteiger partial charge in [0.15, 0.2) is 9.84 Å². The third kappa shape index (κ3) is 5.51. The van der Waals surface area contributed by atoms with Gasteiger partial charge in [-0.1, -0.05) is 13.3 Å². The number of esters is 1. The Balaban J connectivity index is 1.32. The van der Waals surface area contributed by atoms with Gasteiger partial charge in [0, 0.05) is 30.3 Å². The molecule has 5 fully saturated rings. The molecule has 4 atom stereocenters. The maximum atomic E-state index is 13.7. The van der Waals surface area contributed by atoms with Crippen molar-refractivity contribution in [3.63, 3.8) is 0 Å². The number of nitrogens with one attached hydrogen (secondary N) is 1. The summed E-state index contributed by atoms with van der Waals surface area (Å²) in [6.45, 7) is 2.13. The molecule has 9 heteroatoms. The van der Waals surface area contributed by atoms with E-state index in [1.54, 1.807) is 11.8 Å². The van der Waals surface area contributed by atoms with Crippen LogP contribution in [0.1, 0.15) is 99.5 Å². The molecule has 5 aliphatic carbocycles. The summed E-state index contributed by atoms with van der Waals surface area (Å²) in [6, 6.07) is 3.98. The van der Waals surface area contributed by atoms with Gasteiger partial charge in [0.1, 0.15) is 5.03 Å². The van der Waals surface area contributed by atoms with E-state index >= 15 is 0 Å². The minimum absolute atomic E-state index is 0.0371. The Bertz CT molecular complexity index is 1150. The van der Waals surface area contributed by atoms with Crippen molar-refractivity contribution in [3.8, 4) is 0 Å². The molecule has 4 bridgehead atoms. The molecule has 1 N–H and O–H groups in total. The van der Waals surface area contributed by atoms with Crippen LogP contribution in [0.15, 0.2) is 17.2 Å². The Kier molecular flexibility index (Phi) is 8.17. The molecule has 1 amide bonds. The highest BCUT2D eigenvalue weighted by atomic mass is 32.2. The van der Waals surface area contributed by atoms with Gasteiger partial charge in [0.25, 0.3) is 5.91 Å². The lowest BCUT2D eigenvalue weighted by Crippen LogP contribution is -2.63. The highest BCUT2D eigenvalue weighted by Crippen LogP contribution is 2.58. The Morgan fingerprint density at radius 2 is 1.87 bits per heavy atom. The Hall–Kier alpha value is -1.61. The van der Waals surface area contributed by atoms with Crippen LogP contribution in [-0.4, -0.2) is 55.2 Å². The molecule has 0 radical (unpaired) electrons.